The van der Waals surface area contributed by atoms with Gasteiger partial charge in [-0.25, -0.2) is 0 Å². The van der Waals surface area contributed by atoms with Crippen molar-refractivity contribution in [3.8, 4) is 0 Å². The van der Waals surface area contributed by atoms with Gasteiger partial charge in [0.1, 0.15) is 5.92 Å². The Balaban J connectivity index is 2.88. The molecule has 0 spiro atoms. The van der Waals surface area contributed by atoms with Crippen LogP contribution in [-0.4, -0.2) is 31.9 Å². The van der Waals surface area contributed by atoms with Crippen LogP contribution in [-0.2, 0) is 16.6 Å². The summed E-state index contributed by atoms with van der Waals surface area (Å²) in [5, 5.41) is 21.1. The number of carbonyl (C=O) groups is 2. The molecule has 0 aliphatic carbocycles. The highest BCUT2D eigenvalue weighted by Crippen LogP contribution is 2.17. The smallest absolute Gasteiger partial charge is 0.313 e. The quantitative estimate of drug-likeness (QED) is 0.713. The van der Waals surface area contributed by atoms with Crippen LogP contribution < -0.4 is 0 Å². The van der Waals surface area contributed by atoms with Gasteiger partial charge >= 0.3 is 11.9 Å². The molecule has 1 rings (SSSR count). The molecule has 0 saturated carbocycles. The fourth-order valence-corrected chi connectivity index (χ4v) is 1.11. The third-order valence-corrected chi connectivity index (χ3v) is 1.77. The van der Waals surface area contributed by atoms with E-state index in [4.69, 9.17) is 10.2 Å². The van der Waals surface area contributed by atoms with Crippen molar-refractivity contribution in [2.45, 2.75) is 12.3 Å². The molecule has 0 bridgehead atoms. The molecular weight excluding hydrogens is 188 g/mol. The Kier molecular flexibility index (Phi) is 2.85. The summed E-state index contributed by atoms with van der Waals surface area (Å²) in [5.41, 5.74) is 0.266. The van der Waals surface area contributed by atoms with Gasteiger partial charge in [0.15, 0.2) is 0 Å². The Bertz CT molecular complexity index is 358. The molecule has 6 nitrogen and oxygen atoms in total. The zero-order valence-corrected chi connectivity index (χ0v) is 7.54. The normalized spacial score (nSPS) is 12.4. The lowest BCUT2D eigenvalue weighted by Gasteiger charge is -2.05. The average molecular weight is 198 g/mol. The monoisotopic (exact) mass is 198 g/mol. The van der Waals surface area contributed by atoms with Gasteiger partial charge in [-0.3, -0.25) is 14.3 Å². The summed E-state index contributed by atoms with van der Waals surface area (Å²) in [6.07, 6.45) is 1.12. The fourth-order valence-electron chi connectivity index (χ4n) is 1.11. The summed E-state index contributed by atoms with van der Waals surface area (Å²) in [5.74, 6) is -3.40. The van der Waals surface area contributed by atoms with Gasteiger partial charge in [0.25, 0.3) is 0 Å². The summed E-state index contributed by atoms with van der Waals surface area (Å²) in [6.45, 7) is 0. The number of carboxylic acids is 2. The number of hydrogen-bond acceptors (Lipinski definition) is 3. The first-order valence-corrected chi connectivity index (χ1v) is 3.95. The van der Waals surface area contributed by atoms with Gasteiger partial charge in [0, 0.05) is 13.2 Å². The lowest BCUT2D eigenvalue weighted by atomic mass is 10.0. The third-order valence-electron chi connectivity index (χ3n) is 1.77. The van der Waals surface area contributed by atoms with Crippen LogP contribution >= 0.6 is 0 Å². The maximum Gasteiger partial charge on any atom is 0.313 e. The molecule has 14 heavy (non-hydrogen) atoms. The lowest BCUT2D eigenvalue weighted by molar-refractivity contribution is -0.145. The fraction of sp³-hybridized carbons (Fsp3) is 0.375. The van der Waals surface area contributed by atoms with Gasteiger partial charge in [-0.1, -0.05) is 0 Å². The number of hydrogen-bond donors (Lipinski definition) is 2. The molecule has 1 heterocycles. The summed E-state index contributed by atoms with van der Waals surface area (Å²) in [4.78, 5) is 21.1. The zero-order valence-electron chi connectivity index (χ0n) is 7.54. The second kappa shape index (κ2) is 3.91. The summed E-state index contributed by atoms with van der Waals surface area (Å²) >= 11 is 0. The van der Waals surface area contributed by atoms with Crippen LogP contribution in [0.2, 0.25) is 0 Å². The molecule has 1 aromatic rings. The van der Waals surface area contributed by atoms with Crippen molar-refractivity contribution < 1.29 is 19.8 Å². The molecule has 0 radical (unpaired) electrons. The first-order chi connectivity index (χ1) is 6.50. The van der Waals surface area contributed by atoms with E-state index in [1.807, 2.05) is 0 Å². The van der Waals surface area contributed by atoms with Crippen LogP contribution in [0.3, 0.4) is 0 Å². The second-order valence-electron chi connectivity index (χ2n) is 2.90. The molecule has 0 aliphatic rings. The molecular formula is C8H10N2O4. The first kappa shape index (κ1) is 10.2. The van der Waals surface area contributed by atoms with E-state index in [1.54, 1.807) is 13.2 Å². The molecule has 1 aromatic heterocycles. The van der Waals surface area contributed by atoms with E-state index in [-0.39, 0.29) is 5.69 Å². The van der Waals surface area contributed by atoms with Crippen LogP contribution in [0.25, 0.3) is 0 Å². The zero-order chi connectivity index (χ0) is 10.7. The van der Waals surface area contributed by atoms with Crippen molar-refractivity contribution in [1.29, 1.82) is 0 Å². The molecule has 76 valence electrons. The van der Waals surface area contributed by atoms with Gasteiger partial charge < -0.3 is 10.2 Å². The van der Waals surface area contributed by atoms with Crippen LogP contribution in [0.4, 0.5) is 0 Å². The Morgan fingerprint density at radius 2 is 2.21 bits per heavy atom. The SMILES string of the molecule is Cn1ccc(C(CC(=O)O)C(=O)O)n1. The number of aromatic nitrogens is 2. The highest BCUT2D eigenvalue weighted by molar-refractivity contribution is 5.81. The lowest BCUT2D eigenvalue weighted by Crippen LogP contribution is -2.16. The largest absolute Gasteiger partial charge is 0.481 e. The van der Waals surface area contributed by atoms with E-state index >= 15 is 0 Å². The van der Waals surface area contributed by atoms with Gasteiger partial charge in [0.05, 0.1) is 12.1 Å². The topological polar surface area (TPSA) is 92.4 Å². The highest BCUT2D eigenvalue weighted by atomic mass is 16.4. The molecule has 0 amide bonds. The Labute approximate surface area is 79.8 Å². The Morgan fingerprint density at radius 1 is 1.57 bits per heavy atom. The minimum atomic E-state index is -1.17. The van der Waals surface area contributed by atoms with Crippen molar-refractivity contribution in [1.82, 2.24) is 9.78 Å². The number of carboxylic acid groups (broad SMARTS) is 2. The molecule has 0 aliphatic heterocycles. The van der Waals surface area contributed by atoms with E-state index in [1.165, 1.54) is 10.7 Å². The second-order valence-corrected chi connectivity index (χ2v) is 2.90. The minimum Gasteiger partial charge on any atom is -0.481 e. The van der Waals surface area contributed by atoms with Gasteiger partial charge in [-0.2, -0.15) is 5.10 Å². The predicted molar refractivity (Wildman–Crippen MR) is 45.8 cm³/mol. The minimum absolute atomic E-state index is 0.266. The number of aliphatic carboxylic acids is 2. The molecule has 2 N–H and O–H groups in total. The van der Waals surface area contributed by atoms with E-state index < -0.39 is 24.3 Å². The first-order valence-electron chi connectivity index (χ1n) is 3.95. The van der Waals surface area contributed by atoms with Gasteiger partial charge in [-0.15, -0.1) is 0 Å². The van der Waals surface area contributed by atoms with Gasteiger partial charge in [-0.05, 0) is 6.07 Å². The maximum atomic E-state index is 10.7. The van der Waals surface area contributed by atoms with Crippen LogP contribution in [0.5, 0.6) is 0 Å². The summed E-state index contributed by atoms with van der Waals surface area (Å²) < 4.78 is 1.44. The Morgan fingerprint density at radius 3 is 2.57 bits per heavy atom. The average Bonchev–Trinajstić information content (AvgIpc) is 2.46. The molecule has 0 saturated heterocycles. The maximum absolute atomic E-state index is 10.7. The van der Waals surface area contributed by atoms with Crippen LogP contribution in [0, 0.1) is 0 Å². The van der Waals surface area contributed by atoms with E-state index in [0.29, 0.717) is 0 Å². The van der Waals surface area contributed by atoms with E-state index in [0.717, 1.165) is 0 Å². The summed E-state index contributed by atoms with van der Waals surface area (Å²) in [6, 6.07) is 1.50. The third kappa shape index (κ3) is 2.32. The summed E-state index contributed by atoms with van der Waals surface area (Å²) in [7, 11) is 1.64. The van der Waals surface area contributed by atoms with Crippen molar-refractivity contribution in [2.24, 2.45) is 7.05 Å². The number of rotatable bonds is 4. The molecule has 1 atom stereocenters. The number of nitrogens with zero attached hydrogens (tertiary/aromatic N) is 2. The highest BCUT2D eigenvalue weighted by Gasteiger charge is 2.25. The van der Waals surface area contributed by atoms with Crippen molar-refractivity contribution >= 4 is 11.9 Å². The standard InChI is InChI=1S/C8H10N2O4/c1-10-3-2-6(9-10)5(8(13)14)4-7(11)12/h2-3,5H,4H2,1H3,(H,11,12)(H,13,14). The molecule has 0 fully saturated rings. The van der Waals surface area contributed by atoms with Crippen molar-refractivity contribution in [3.05, 3.63) is 18.0 Å². The van der Waals surface area contributed by atoms with Crippen molar-refractivity contribution in [2.75, 3.05) is 0 Å². The molecule has 6 heteroatoms. The number of aryl methyl sites for hydroxylation is 1. The predicted octanol–water partition coefficient (Wildman–Crippen LogP) is 0.0630. The van der Waals surface area contributed by atoms with Crippen LogP contribution in [0.1, 0.15) is 18.0 Å². The molecule has 0 aromatic carbocycles. The van der Waals surface area contributed by atoms with Crippen molar-refractivity contribution in [3.63, 3.8) is 0 Å². The van der Waals surface area contributed by atoms with E-state index in [9.17, 15) is 9.59 Å². The Hall–Kier alpha value is -1.85. The van der Waals surface area contributed by atoms with Gasteiger partial charge in [0.2, 0.25) is 0 Å². The van der Waals surface area contributed by atoms with E-state index in [2.05, 4.69) is 5.10 Å². The molecule has 1 unspecified atom stereocenters. The van der Waals surface area contributed by atoms with Crippen LogP contribution in [0.15, 0.2) is 12.3 Å².